The van der Waals surface area contributed by atoms with Crippen LogP contribution in [0.1, 0.15) is 35.1 Å². The van der Waals surface area contributed by atoms with Crippen molar-refractivity contribution in [2.45, 2.75) is 33.6 Å². The molecule has 0 amide bonds. The van der Waals surface area contributed by atoms with E-state index in [1.54, 1.807) is 0 Å². The van der Waals surface area contributed by atoms with Crippen molar-refractivity contribution >= 4 is 0 Å². The predicted octanol–water partition coefficient (Wildman–Crippen LogP) is 3.35. The van der Waals surface area contributed by atoms with Crippen LogP contribution in [0.2, 0.25) is 0 Å². The zero-order valence-electron chi connectivity index (χ0n) is 8.81. The maximum atomic E-state index is 5.44. The van der Waals surface area contributed by atoms with E-state index in [2.05, 4.69) is 45.7 Å². The van der Waals surface area contributed by atoms with Crippen LogP contribution in [0, 0.1) is 33.1 Å². The normalized spacial score (nSPS) is 12.2. The molecule has 13 heavy (non-hydrogen) atoms. The standard InChI is InChI=1S/C13H16/c1-6-9(2)13-11(4)8-7-10(3)12(13)5/h1,7-9H,2-5H3. The Kier molecular flexibility index (Phi) is 2.78. The van der Waals surface area contributed by atoms with Crippen molar-refractivity contribution in [1.29, 1.82) is 0 Å². The van der Waals surface area contributed by atoms with Crippen molar-refractivity contribution in [2.24, 2.45) is 0 Å². The molecular formula is C13H16. The second kappa shape index (κ2) is 3.66. The quantitative estimate of drug-likeness (QED) is 0.570. The summed E-state index contributed by atoms with van der Waals surface area (Å²) in [4.78, 5) is 0. The lowest BCUT2D eigenvalue weighted by molar-refractivity contribution is 0.963. The minimum atomic E-state index is 0.222. The van der Waals surface area contributed by atoms with Gasteiger partial charge in [-0.05, 0) is 49.9 Å². The first-order chi connectivity index (χ1) is 6.07. The predicted molar refractivity (Wildman–Crippen MR) is 57.9 cm³/mol. The van der Waals surface area contributed by atoms with Crippen molar-refractivity contribution in [3.8, 4) is 12.3 Å². The topological polar surface area (TPSA) is 0 Å². The monoisotopic (exact) mass is 172 g/mol. The van der Waals surface area contributed by atoms with E-state index in [1.165, 1.54) is 22.3 Å². The molecule has 0 aliphatic carbocycles. The van der Waals surface area contributed by atoms with Gasteiger partial charge in [-0.15, -0.1) is 6.42 Å². The summed E-state index contributed by atoms with van der Waals surface area (Å²) < 4.78 is 0. The van der Waals surface area contributed by atoms with Gasteiger partial charge in [-0.1, -0.05) is 18.1 Å². The van der Waals surface area contributed by atoms with Gasteiger partial charge in [-0.25, -0.2) is 0 Å². The van der Waals surface area contributed by atoms with E-state index in [9.17, 15) is 0 Å². The van der Waals surface area contributed by atoms with Crippen LogP contribution in [0.3, 0.4) is 0 Å². The highest BCUT2D eigenvalue weighted by Crippen LogP contribution is 2.25. The molecule has 1 atom stereocenters. The van der Waals surface area contributed by atoms with E-state index in [0.717, 1.165) is 0 Å². The summed E-state index contributed by atoms with van der Waals surface area (Å²) in [6.07, 6.45) is 5.44. The van der Waals surface area contributed by atoms with Crippen LogP contribution in [0.15, 0.2) is 12.1 Å². The molecule has 1 rings (SSSR count). The Morgan fingerprint density at radius 1 is 1.15 bits per heavy atom. The molecule has 0 heterocycles. The highest BCUT2D eigenvalue weighted by Gasteiger charge is 2.09. The largest absolute Gasteiger partial charge is 0.119 e. The number of benzene rings is 1. The van der Waals surface area contributed by atoms with Gasteiger partial charge in [0.25, 0.3) is 0 Å². The van der Waals surface area contributed by atoms with Crippen LogP contribution in [-0.2, 0) is 0 Å². The average molecular weight is 172 g/mol. The Bertz CT molecular complexity index is 353. The molecule has 0 heteroatoms. The fourth-order valence-electron chi connectivity index (χ4n) is 1.72. The highest BCUT2D eigenvalue weighted by molar-refractivity contribution is 5.43. The summed E-state index contributed by atoms with van der Waals surface area (Å²) in [5.41, 5.74) is 5.28. The lowest BCUT2D eigenvalue weighted by Crippen LogP contribution is -1.99. The molecule has 0 saturated heterocycles. The van der Waals surface area contributed by atoms with Crippen molar-refractivity contribution < 1.29 is 0 Å². The summed E-state index contributed by atoms with van der Waals surface area (Å²) in [6, 6.07) is 4.29. The van der Waals surface area contributed by atoms with Gasteiger partial charge in [-0.3, -0.25) is 0 Å². The first kappa shape index (κ1) is 9.86. The first-order valence-electron chi connectivity index (χ1n) is 4.60. The highest BCUT2D eigenvalue weighted by atomic mass is 14.1. The molecule has 0 aromatic heterocycles. The Morgan fingerprint density at radius 3 is 2.23 bits per heavy atom. The molecule has 0 saturated carbocycles. The second-order valence-electron chi connectivity index (χ2n) is 3.63. The van der Waals surface area contributed by atoms with Crippen LogP contribution in [-0.4, -0.2) is 0 Å². The molecule has 0 radical (unpaired) electrons. The molecule has 0 fully saturated rings. The minimum absolute atomic E-state index is 0.222. The molecular weight excluding hydrogens is 156 g/mol. The summed E-state index contributed by atoms with van der Waals surface area (Å²) in [5, 5.41) is 0. The molecule has 0 nitrogen and oxygen atoms in total. The van der Waals surface area contributed by atoms with Gasteiger partial charge in [0, 0.05) is 5.92 Å². The van der Waals surface area contributed by atoms with Gasteiger partial charge >= 0.3 is 0 Å². The summed E-state index contributed by atoms with van der Waals surface area (Å²) in [5.74, 6) is 3.01. The Hall–Kier alpha value is -1.22. The van der Waals surface area contributed by atoms with Crippen molar-refractivity contribution in [1.82, 2.24) is 0 Å². The summed E-state index contributed by atoms with van der Waals surface area (Å²) >= 11 is 0. The Labute approximate surface area is 81.0 Å². The van der Waals surface area contributed by atoms with E-state index in [4.69, 9.17) is 6.42 Å². The maximum absolute atomic E-state index is 5.44. The van der Waals surface area contributed by atoms with Crippen LogP contribution >= 0.6 is 0 Å². The molecule has 1 unspecified atom stereocenters. The average Bonchev–Trinajstić information content (AvgIpc) is 2.12. The van der Waals surface area contributed by atoms with Crippen molar-refractivity contribution in [2.75, 3.05) is 0 Å². The smallest absolute Gasteiger partial charge is 0.0426 e. The first-order valence-corrected chi connectivity index (χ1v) is 4.60. The third kappa shape index (κ3) is 1.75. The zero-order chi connectivity index (χ0) is 10.0. The zero-order valence-corrected chi connectivity index (χ0v) is 8.81. The van der Waals surface area contributed by atoms with E-state index in [1.807, 2.05) is 0 Å². The number of hydrogen-bond donors (Lipinski definition) is 0. The third-order valence-electron chi connectivity index (χ3n) is 2.69. The van der Waals surface area contributed by atoms with Crippen molar-refractivity contribution in [3.05, 3.63) is 34.4 Å². The second-order valence-corrected chi connectivity index (χ2v) is 3.63. The van der Waals surface area contributed by atoms with E-state index < -0.39 is 0 Å². The Morgan fingerprint density at radius 2 is 1.69 bits per heavy atom. The molecule has 68 valence electrons. The summed E-state index contributed by atoms with van der Waals surface area (Å²) in [6.45, 7) is 8.47. The van der Waals surface area contributed by atoms with Gasteiger partial charge in [0.2, 0.25) is 0 Å². The van der Waals surface area contributed by atoms with Crippen LogP contribution < -0.4 is 0 Å². The summed E-state index contributed by atoms with van der Waals surface area (Å²) in [7, 11) is 0. The van der Waals surface area contributed by atoms with E-state index in [-0.39, 0.29) is 5.92 Å². The SMILES string of the molecule is C#CC(C)c1c(C)ccc(C)c1C. The maximum Gasteiger partial charge on any atom is 0.0426 e. The number of rotatable bonds is 1. The van der Waals surface area contributed by atoms with Gasteiger partial charge in [0.05, 0.1) is 0 Å². The molecule has 0 spiro atoms. The number of aryl methyl sites for hydroxylation is 2. The van der Waals surface area contributed by atoms with Gasteiger partial charge in [0.1, 0.15) is 0 Å². The molecule has 1 aromatic rings. The molecule has 1 aromatic carbocycles. The van der Waals surface area contributed by atoms with E-state index >= 15 is 0 Å². The molecule has 0 bridgehead atoms. The Balaban J connectivity index is 3.35. The lowest BCUT2D eigenvalue weighted by atomic mass is 9.90. The van der Waals surface area contributed by atoms with Crippen molar-refractivity contribution in [3.63, 3.8) is 0 Å². The van der Waals surface area contributed by atoms with Crippen LogP contribution in [0.25, 0.3) is 0 Å². The van der Waals surface area contributed by atoms with Crippen LogP contribution in [0.5, 0.6) is 0 Å². The molecule has 0 aliphatic heterocycles. The third-order valence-corrected chi connectivity index (χ3v) is 2.69. The van der Waals surface area contributed by atoms with Gasteiger partial charge in [-0.2, -0.15) is 0 Å². The fraction of sp³-hybridized carbons (Fsp3) is 0.385. The lowest BCUT2D eigenvalue weighted by Gasteiger charge is -2.14. The van der Waals surface area contributed by atoms with E-state index in [0.29, 0.717) is 0 Å². The number of hydrogen-bond acceptors (Lipinski definition) is 0. The van der Waals surface area contributed by atoms with Crippen LogP contribution in [0.4, 0.5) is 0 Å². The minimum Gasteiger partial charge on any atom is -0.119 e. The van der Waals surface area contributed by atoms with Gasteiger partial charge in [0.15, 0.2) is 0 Å². The molecule has 0 N–H and O–H groups in total. The number of terminal acetylenes is 1. The van der Waals surface area contributed by atoms with Gasteiger partial charge < -0.3 is 0 Å². The molecule has 0 aliphatic rings. The fourth-order valence-corrected chi connectivity index (χ4v) is 1.72.